The average Bonchev–Trinajstić information content (AvgIpc) is 1.72. The van der Waals surface area contributed by atoms with Crippen LogP contribution in [0.25, 0.3) is 10.9 Å². The number of hydrogen-bond donors (Lipinski definition) is 4. The minimum atomic E-state index is -3.74. The van der Waals surface area contributed by atoms with E-state index in [0.29, 0.717) is 82.9 Å². The van der Waals surface area contributed by atoms with E-state index in [9.17, 15) is 39.6 Å². The molecule has 25 nitrogen and oxygen atoms in total. The van der Waals surface area contributed by atoms with Gasteiger partial charge in [-0.2, -0.15) is 0 Å². The Morgan fingerprint density at radius 1 is 0.587 bits per heavy atom. The summed E-state index contributed by atoms with van der Waals surface area (Å²) in [4.78, 5) is 77.8. The van der Waals surface area contributed by atoms with Crippen LogP contribution in [0.5, 0.6) is 0 Å². The summed E-state index contributed by atoms with van der Waals surface area (Å²) in [6.45, 7) is 12.7. The second-order valence-electron chi connectivity index (χ2n) is 25.9. The number of para-hydroxylation sites is 1. The second-order valence-corrected chi connectivity index (χ2v) is 32.6. The summed E-state index contributed by atoms with van der Waals surface area (Å²) in [7, 11) is -11.2. The molecule has 4 N–H and O–H groups in total. The first-order chi connectivity index (χ1) is 50.2. The number of aromatic nitrogens is 6. The monoisotopic (exact) mass is 1510 g/mol. The Kier molecular flexibility index (Phi) is 22.1. The van der Waals surface area contributed by atoms with Gasteiger partial charge in [-0.05, 0) is 165 Å². The molecule has 4 aromatic heterocycles. The molecule has 8 heterocycles. The number of fused-ring (bicyclic) bond motifs is 2. The molecule has 3 amide bonds. The number of anilines is 7. The lowest BCUT2D eigenvalue weighted by Gasteiger charge is -2.41. The average molecular weight is 1510 g/mol. The van der Waals surface area contributed by atoms with Gasteiger partial charge in [0.2, 0.25) is 17.7 Å². The van der Waals surface area contributed by atoms with E-state index in [2.05, 4.69) is 75.8 Å². The van der Waals surface area contributed by atoms with Crippen molar-refractivity contribution in [1.29, 1.82) is 0 Å². The summed E-state index contributed by atoms with van der Waals surface area (Å²) >= 11 is 7.48. The Morgan fingerprint density at radius 3 is 1.62 bits per heavy atom. The highest BCUT2D eigenvalue weighted by Crippen LogP contribution is 2.48. The maximum atomic E-state index is 13.4. The van der Waals surface area contributed by atoms with E-state index >= 15 is 0 Å². The van der Waals surface area contributed by atoms with E-state index in [1.165, 1.54) is 59.6 Å². The molecule has 0 radical (unpaired) electrons. The van der Waals surface area contributed by atoms with E-state index < -0.39 is 30.1 Å². The van der Waals surface area contributed by atoms with Crippen molar-refractivity contribution >= 4 is 121 Å². The van der Waals surface area contributed by atoms with Crippen LogP contribution in [0.3, 0.4) is 0 Å². The van der Waals surface area contributed by atoms with E-state index in [1.54, 1.807) is 66.9 Å². The first-order valence-electron chi connectivity index (χ1n) is 34.3. The molecule has 6 aromatic carbocycles. The number of piperazine rings is 3. The van der Waals surface area contributed by atoms with Crippen LogP contribution in [0.1, 0.15) is 57.2 Å². The van der Waals surface area contributed by atoms with Crippen molar-refractivity contribution < 1.29 is 49.6 Å². The van der Waals surface area contributed by atoms with Gasteiger partial charge in [0.15, 0.2) is 5.13 Å². The molecule has 0 bridgehead atoms. The molecule has 1 saturated carbocycles. The van der Waals surface area contributed by atoms with Crippen LogP contribution in [0, 0.1) is 12.8 Å². The largest absolute Gasteiger partial charge is 0.368 e. The molecule has 10 aromatic rings. The molecule has 554 valence electrons. The third-order valence-corrected chi connectivity index (χ3v) is 24.5. The fraction of sp³-hybridized carbons (Fsp3) is 0.297. The van der Waals surface area contributed by atoms with Gasteiger partial charge in [-0.1, -0.05) is 60.1 Å². The van der Waals surface area contributed by atoms with Gasteiger partial charge in [0.05, 0.1) is 21.1 Å². The number of rotatable bonds is 18. The number of H-pyrrole nitrogens is 1. The molecule has 0 unspecified atom stereocenters. The van der Waals surface area contributed by atoms with Crippen molar-refractivity contribution in [2.75, 3.05) is 119 Å². The zero-order valence-electron chi connectivity index (χ0n) is 57.3. The maximum Gasteiger partial charge on any atom is 0.263 e. The Hall–Kier alpha value is -10.2. The lowest BCUT2D eigenvalue weighted by molar-refractivity contribution is -0.133. The quantitative estimate of drug-likeness (QED) is 0.0621. The van der Waals surface area contributed by atoms with E-state index in [0.717, 1.165) is 88.0 Å². The van der Waals surface area contributed by atoms with Crippen LogP contribution in [-0.4, -0.2) is 179 Å². The topological polar surface area (TPSA) is 293 Å². The van der Waals surface area contributed by atoms with Crippen molar-refractivity contribution in [1.82, 2.24) is 44.6 Å². The number of nitrogens with one attached hydrogen (secondary N) is 4. The predicted octanol–water partition coefficient (Wildman–Crippen LogP) is 11.5. The Balaban J connectivity index is 0.000000252. The van der Waals surface area contributed by atoms with E-state index in [4.69, 9.17) is 11.6 Å². The second kappa shape index (κ2) is 31.8. The highest BCUT2D eigenvalue weighted by Gasteiger charge is 2.46. The van der Waals surface area contributed by atoms with Crippen molar-refractivity contribution in [2.24, 2.45) is 5.92 Å². The molecule has 3 atom stereocenters. The lowest BCUT2D eigenvalue weighted by Crippen LogP contribution is -2.55. The number of aryl methyl sites for hydroxylation is 2. The molecule has 1 aliphatic carbocycles. The van der Waals surface area contributed by atoms with Crippen LogP contribution in [-0.2, 0) is 57.3 Å². The normalized spacial score (nSPS) is 17.2. The fourth-order valence-corrected chi connectivity index (χ4v) is 17.6. The number of carbonyl (C=O) groups excluding carboxylic acids is 3. The van der Waals surface area contributed by atoms with Crippen LogP contribution in [0.2, 0.25) is 5.02 Å². The molecule has 30 heteroatoms. The van der Waals surface area contributed by atoms with E-state index in [-0.39, 0.29) is 66.0 Å². The highest BCUT2D eigenvalue weighted by molar-refractivity contribution is 7.93. The van der Waals surface area contributed by atoms with Gasteiger partial charge < -0.3 is 39.3 Å². The minimum Gasteiger partial charge on any atom is -0.368 e. The molecule has 15 rings (SSSR count). The molecule has 3 saturated heterocycles. The number of thiazole rings is 1. The number of halogens is 1. The van der Waals surface area contributed by atoms with Crippen molar-refractivity contribution in [3.63, 3.8) is 0 Å². The summed E-state index contributed by atoms with van der Waals surface area (Å²) in [6.07, 6.45) is 12.4. The van der Waals surface area contributed by atoms with Gasteiger partial charge in [0.25, 0.3) is 30.1 Å². The maximum absolute atomic E-state index is 13.4. The molecule has 0 spiro atoms. The Bertz CT molecular complexity index is 5030. The van der Waals surface area contributed by atoms with Gasteiger partial charge >= 0.3 is 0 Å². The first kappa shape index (κ1) is 72.2. The fourth-order valence-electron chi connectivity index (χ4n) is 13.5. The predicted molar refractivity (Wildman–Crippen MR) is 420 cm³/mol. The van der Waals surface area contributed by atoms with Gasteiger partial charge in [-0.25, -0.2) is 50.2 Å². The Morgan fingerprint density at radius 2 is 1.10 bits per heavy atom. The van der Waals surface area contributed by atoms with Crippen molar-refractivity contribution in [3.05, 3.63) is 222 Å². The van der Waals surface area contributed by atoms with Crippen LogP contribution in [0.4, 0.5) is 39.5 Å². The number of sulfonamides is 3. The summed E-state index contributed by atoms with van der Waals surface area (Å²) in [5.74, 6) is 1.38. The summed E-state index contributed by atoms with van der Waals surface area (Å²) in [6, 6.07) is 47.3. The molecular weight excluding hydrogens is 1420 g/mol. The number of carbonyl (C=O) groups is 3. The number of hydrogen-bond acceptors (Lipinski definition) is 19. The molecule has 104 heavy (non-hydrogen) atoms. The third-order valence-electron chi connectivity index (χ3n) is 19.2. The van der Waals surface area contributed by atoms with Gasteiger partial charge in [0.1, 0.15) is 30.3 Å². The summed E-state index contributed by atoms with van der Waals surface area (Å²) in [5.41, 5.74) is 8.39. The zero-order valence-corrected chi connectivity index (χ0v) is 61.3. The van der Waals surface area contributed by atoms with Gasteiger partial charge in [-0.3, -0.25) is 28.5 Å². The smallest absolute Gasteiger partial charge is 0.263 e. The van der Waals surface area contributed by atoms with Gasteiger partial charge in [0, 0.05) is 169 Å². The van der Waals surface area contributed by atoms with E-state index in [1.807, 2.05) is 108 Å². The summed E-state index contributed by atoms with van der Waals surface area (Å²) < 4.78 is 83.1. The number of aromatic amines is 1. The SMILES string of the molecule is Cc1cnc(NS(=O)(=O)c2ccc(N3CCN(C(=O)[C@@H](C)N4CCCc5cc(Cl)ccc54)CC3)cc2)s1.O=C(Cc1c[nH]c2ccccc12)N1CCN(c2ccc(S(=O)(=O)Nc3ccncn3)cc2)CC1.O=C([C@@H]1C[C@H]1c1ccccc1)N1CCN(c2ccc(S(=O)(=O)Nc3ccncn3)cc2)CC1.[HH].[HH].[HH].[HH].[HH].[HH].[HH]. The first-order valence-corrected chi connectivity index (χ1v) is 39.9. The van der Waals surface area contributed by atoms with Crippen LogP contribution in [0.15, 0.2) is 210 Å². The lowest BCUT2D eigenvalue weighted by atomic mass is 10.00. The number of nitrogens with zero attached hydrogens (tertiary/aromatic N) is 12. The Labute approximate surface area is 624 Å². The van der Waals surface area contributed by atoms with Gasteiger partial charge in [-0.15, -0.1) is 11.3 Å². The molecular formula is C74H93ClN16O9S4. The van der Waals surface area contributed by atoms with Crippen molar-refractivity contribution in [3.8, 4) is 0 Å². The molecule has 4 fully saturated rings. The van der Waals surface area contributed by atoms with Crippen LogP contribution >= 0.6 is 22.9 Å². The zero-order chi connectivity index (χ0) is 72.5. The molecule has 5 aliphatic rings. The number of benzene rings is 6. The van der Waals surface area contributed by atoms with Crippen molar-refractivity contribution in [2.45, 2.75) is 66.2 Å². The minimum absolute atomic E-state index is 0. The van der Waals surface area contributed by atoms with Crippen LogP contribution < -0.4 is 33.8 Å². The summed E-state index contributed by atoms with van der Waals surface area (Å²) in [5, 5.41) is 2.17. The molecule has 4 aliphatic heterocycles. The standard InChI is InChI=1S/C26H30ClN5O3S2.C24H24N6O3S.C24H25N5O3S.7H2/c1-18-17-28-26(36-18)29-37(34,35)23-8-6-22(7-9-23)30-12-14-31(15-13-30)25(33)19(2)32-11-3-4-20-16-21(27)5-10-24(20)32;31-24(15-18-16-26-22-4-2-1-3-21(18)22)30-13-11-29(12-14-30)19-5-7-20(8-6-19)34(32,33)28-23-9-10-25-17-27-23;30-24(22-16-21(22)18-4-2-1-3-5-18)29-14-12-28(13-15-29)19-6-8-20(9-7-19)33(31,32)27-23-10-11-25-17-26-23;;;;;;;/h5-10,16-17,19H,3-4,11-15H2,1-2H3,(H,28,29);1-10,16-17,26H,11-15H2,(H,25,27,28);1-11,17,21-22H,12-16H2,(H,25,26,27);7*1H/t19-;;21-,22+;;;;;;;/m1.0......./s1. The third kappa shape index (κ3) is 17.4. The highest BCUT2D eigenvalue weighted by atomic mass is 35.5. The number of amides is 3.